The minimum absolute atomic E-state index is 0. The van der Waals surface area contributed by atoms with Crippen molar-refractivity contribution in [1.82, 2.24) is 10.2 Å². The lowest BCUT2D eigenvalue weighted by Gasteiger charge is -2.42. The third-order valence-electron chi connectivity index (χ3n) is 7.42. The van der Waals surface area contributed by atoms with E-state index in [0.29, 0.717) is 58.0 Å². The van der Waals surface area contributed by atoms with Gasteiger partial charge >= 0.3 is 5.97 Å². The van der Waals surface area contributed by atoms with Gasteiger partial charge in [-0.15, -0.1) is 23.7 Å². The zero-order valence-corrected chi connectivity index (χ0v) is 21.4. The number of thiophene rings is 1. The molecule has 2 amide bonds. The van der Waals surface area contributed by atoms with E-state index in [2.05, 4.69) is 5.32 Å². The van der Waals surface area contributed by atoms with Crippen molar-refractivity contribution < 1.29 is 19.5 Å². The number of likely N-dealkylation sites (tertiary alicyclic amines) is 1. The van der Waals surface area contributed by atoms with Gasteiger partial charge in [-0.1, -0.05) is 36.4 Å². The van der Waals surface area contributed by atoms with Crippen LogP contribution in [0.15, 0.2) is 47.8 Å². The van der Waals surface area contributed by atoms with E-state index >= 15 is 0 Å². The van der Waals surface area contributed by atoms with Crippen LogP contribution in [0.25, 0.3) is 0 Å². The molecule has 0 unspecified atom stereocenters. The average molecular weight is 520 g/mol. The quantitative estimate of drug-likeness (QED) is 0.519. The van der Waals surface area contributed by atoms with Gasteiger partial charge in [-0.25, -0.2) is 0 Å². The van der Waals surface area contributed by atoms with Crippen LogP contribution in [-0.4, -0.2) is 53.0 Å². The van der Waals surface area contributed by atoms with Crippen LogP contribution in [0, 0.1) is 5.92 Å². The summed E-state index contributed by atoms with van der Waals surface area (Å²) in [5.74, 6) is -1.15. The fourth-order valence-electron chi connectivity index (χ4n) is 5.29. The summed E-state index contributed by atoms with van der Waals surface area (Å²) in [6.07, 6.45) is 4.11. The van der Waals surface area contributed by atoms with Crippen molar-refractivity contribution in [3.63, 3.8) is 0 Å². The summed E-state index contributed by atoms with van der Waals surface area (Å²) in [6.45, 7) is 0.954. The monoisotopic (exact) mass is 519 g/mol. The van der Waals surface area contributed by atoms with Gasteiger partial charge in [0.15, 0.2) is 0 Å². The van der Waals surface area contributed by atoms with Crippen LogP contribution in [0.3, 0.4) is 0 Å². The van der Waals surface area contributed by atoms with Crippen molar-refractivity contribution in [2.75, 3.05) is 13.1 Å². The molecule has 1 aliphatic heterocycles. The lowest BCUT2D eigenvalue weighted by molar-refractivity contribution is -0.143. The first kappa shape index (κ1) is 27.2. The van der Waals surface area contributed by atoms with E-state index in [9.17, 15) is 19.5 Å². The maximum Gasteiger partial charge on any atom is 0.306 e. The SMILES string of the molecule is Cl.N[C@@H](Cc1cccs1)C(=O)N1CCC(C(=O)NC2CCC(C(=O)O)CC2)(c2ccccc2)CC1. The molecular weight excluding hydrogens is 486 g/mol. The lowest BCUT2D eigenvalue weighted by atomic mass is 9.71. The number of nitrogens with two attached hydrogens (primary N) is 1. The van der Waals surface area contributed by atoms with E-state index in [1.165, 1.54) is 0 Å². The number of piperidine rings is 1. The molecule has 4 rings (SSSR count). The standard InChI is InChI=1S/C26H33N3O4S.ClH/c27-22(17-21-7-4-16-34-21)23(30)29-14-12-26(13-15-29,19-5-2-1-3-6-19)25(33)28-20-10-8-18(9-11-20)24(31)32;/h1-7,16,18,20,22H,8-15,17,27H2,(H,28,33)(H,31,32);1H/t18?,20?,22-;/m0./s1. The predicted molar refractivity (Wildman–Crippen MR) is 139 cm³/mol. The van der Waals surface area contributed by atoms with Gasteiger partial charge in [0.2, 0.25) is 11.8 Å². The number of hydrogen-bond donors (Lipinski definition) is 3. The van der Waals surface area contributed by atoms with E-state index in [1.54, 1.807) is 16.2 Å². The Morgan fingerprint density at radius 3 is 2.29 bits per heavy atom. The Labute approximate surface area is 216 Å². The molecule has 190 valence electrons. The first-order valence-corrected chi connectivity index (χ1v) is 12.9. The van der Waals surface area contributed by atoms with Crippen LogP contribution in [0.4, 0.5) is 0 Å². The summed E-state index contributed by atoms with van der Waals surface area (Å²) >= 11 is 1.60. The van der Waals surface area contributed by atoms with Gasteiger partial charge in [0.05, 0.1) is 17.4 Å². The van der Waals surface area contributed by atoms with Crippen LogP contribution in [0.1, 0.15) is 49.0 Å². The zero-order valence-electron chi connectivity index (χ0n) is 19.7. The van der Waals surface area contributed by atoms with Crippen molar-refractivity contribution in [2.24, 2.45) is 11.7 Å². The fourth-order valence-corrected chi connectivity index (χ4v) is 6.05. The van der Waals surface area contributed by atoms with Gasteiger partial charge in [0.1, 0.15) is 0 Å². The highest BCUT2D eigenvalue weighted by molar-refractivity contribution is 7.09. The molecule has 0 spiro atoms. The van der Waals surface area contributed by atoms with E-state index in [-0.39, 0.29) is 36.2 Å². The number of aliphatic carboxylic acids is 1. The number of amides is 2. The van der Waals surface area contributed by atoms with Crippen LogP contribution in [0.5, 0.6) is 0 Å². The number of nitrogens with zero attached hydrogens (tertiary/aromatic N) is 1. The molecule has 2 aromatic rings. The smallest absolute Gasteiger partial charge is 0.306 e. The molecule has 1 atom stereocenters. The molecule has 2 heterocycles. The highest BCUT2D eigenvalue weighted by Crippen LogP contribution is 2.37. The van der Waals surface area contributed by atoms with Gasteiger partial charge < -0.3 is 21.1 Å². The summed E-state index contributed by atoms with van der Waals surface area (Å²) in [6, 6.07) is 13.1. The third kappa shape index (κ3) is 6.23. The molecule has 35 heavy (non-hydrogen) atoms. The maximum absolute atomic E-state index is 13.7. The van der Waals surface area contributed by atoms with Crippen LogP contribution in [-0.2, 0) is 26.2 Å². The number of nitrogens with one attached hydrogen (secondary N) is 1. The largest absolute Gasteiger partial charge is 0.481 e. The van der Waals surface area contributed by atoms with Crippen LogP contribution < -0.4 is 11.1 Å². The number of rotatable bonds is 7. The number of carbonyl (C=O) groups excluding carboxylic acids is 2. The molecule has 1 saturated carbocycles. The Bertz CT molecular complexity index is 985. The van der Waals surface area contributed by atoms with E-state index in [0.717, 1.165) is 10.4 Å². The molecule has 9 heteroatoms. The predicted octanol–water partition coefficient (Wildman–Crippen LogP) is 3.36. The number of halogens is 1. The number of hydrogen-bond acceptors (Lipinski definition) is 5. The minimum atomic E-state index is -0.750. The summed E-state index contributed by atoms with van der Waals surface area (Å²) in [7, 11) is 0. The van der Waals surface area contributed by atoms with Gasteiger partial charge in [-0.3, -0.25) is 14.4 Å². The molecule has 1 saturated heterocycles. The zero-order chi connectivity index (χ0) is 24.1. The van der Waals surface area contributed by atoms with Crippen molar-refractivity contribution in [3.05, 3.63) is 58.3 Å². The molecular formula is C26H34ClN3O4S. The first-order chi connectivity index (χ1) is 16.4. The first-order valence-electron chi connectivity index (χ1n) is 12.0. The second-order valence-corrected chi connectivity index (χ2v) is 10.6. The molecule has 4 N–H and O–H groups in total. The Balaban J connectivity index is 0.00000342. The Hall–Kier alpha value is -2.42. The highest BCUT2D eigenvalue weighted by Gasteiger charge is 2.45. The minimum Gasteiger partial charge on any atom is -0.481 e. The lowest BCUT2D eigenvalue weighted by Crippen LogP contribution is -2.56. The molecule has 0 radical (unpaired) electrons. The molecule has 1 aromatic heterocycles. The second kappa shape index (κ2) is 12.0. The summed E-state index contributed by atoms with van der Waals surface area (Å²) < 4.78 is 0. The second-order valence-electron chi connectivity index (χ2n) is 9.52. The molecule has 7 nitrogen and oxygen atoms in total. The summed E-state index contributed by atoms with van der Waals surface area (Å²) in [4.78, 5) is 40.8. The van der Waals surface area contributed by atoms with Gasteiger partial charge in [-0.2, -0.15) is 0 Å². The molecule has 2 aliphatic rings. The van der Waals surface area contributed by atoms with Crippen LogP contribution >= 0.6 is 23.7 Å². The Morgan fingerprint density at radius 2 is 1.71 bits per heavy atom. The maximum atomic E-state index is 13.7. The normalized spacial score (nSPS) is 22.5. The summed E-state index contributed by atoms with van der Waals surface area (Å²) in [5, 5.41) is 14.5. The van der Waals surface area contributed by atoms with Gasteiger partial charge in [0.25, 0.3) is 0 Å². The number of carboxylic acids is 1. The van der Waals surface area contributed by atoms with Crippen molar-refractivity contribution in [3.8, 4) is 0 Å². The topological polar surface area (TPSA) is 113 Å². The van der Waals surface area contributed by atoms with E-state index in [1.807, 2.05) is 47.8 Å². The number of benzene rings is 1. The van der Waals surface area contributed by atoms with Crippen molar-refractivity contribution in [1.29, 1.82) is 0 Å². The Kier molecular flexibility index (Phi) is 9.33. The summed E-state index contributed by atoms with van der Waals surface area (Å²) in [5.41, 5.74) is 6.48. The van der Waals surface area contributed by atoms with Gasteiger partial charge in [-0.05, 0) is 55.5 Å². The van der Waals surface area contributed by atoms with Gasteiger partial charge in [0, 0.05) is 30.4 Å². The van der Waals surface area contributed by atoms with Crippen molar-refractivity contribution in [2.45, 2.75) is 62.4 Å². The molecule has 1 aromatic carbocycles. The number of carboxylic acid groups (broad SMARTS) is 1. The van der Waals surface area contributed by atoms with Crippen LogP contribution in [0.2, 0.25) is 0 Å². The Morgan fingerprint density at radius 1 is 1.06 bits per heavy atom. The number of carbonyl (C=O) groups is 3. The van der Waals surface area contributed by atoms with Crippen molar-refractivity contribution >= 4 is 41.5 Å². The highest BCUT2D eigenvalue weighted by atomic mass is 35.5. The molecule has 0 bridgehead atoms. The molecule has 1 aliphatic carbocycles. The third-order valence-corrected chi connectivity index (χ3v) is 8.32. The molecule has 2 fully saturated rings. The average Bonchev–Trinajstić information content (AvgIpc) is 3.37. The van der Waals surface area contributed by atoms with E-state index < -0.39 is 17.4 Å². The fraction of sp³-hybridized carbons (Fsp3) is 0.500. The van der Waals surface area contributed by atoms with E-state index in [4.69, 9.17) is 5.73 Å².